The second-order valence-electron chi connectivity index (χ2n) is 4.07. The van der Waals surface area contributed by atoms with E-state index in [0.29, 0.717) is 35.1 Å². The molecule has 0 aromatic heterocycles. The number of carbonyl (C=O) groups is 1. The van der Waals surface area contributed by atoms with Crippen LogP contribution in [0.25, 0.3) is 0 Å². The number of carbonyl (C=O) groups excluding carboxylic acids is 1. The minimum absolute atomic E-state index is 0.315. The van der Waals surface area contributed by atoms with Crippen molar-refractivity contribution in [3.63, 3.8) is 0 Å². The monoisotopic (exact) mass is 294 g/mol. The van der Waals surface area contributed by atoms with E-state index in [4.69, 9.17) is 27.9 Å². The fourth-order valence-corrected chi connectivity index (χ4v) is 2.32. The highest BCUT2D eigenvalue weighted by Crippen LogP contribution is 2.25. The van der Waals surface area contributed by atoms with Crippen molar-refractivity contribution in [3.05, 3.63) is 69.2 Å². The molecule has 2 aromatic carbocycles. The minimum atomic E-state index is 0.315. The number of halogens is 2. The van der Waals surface area contributed by atoms with Crippen molar-refractivity contribution in [2.75, 3.05) is 0 Å². The first-order valence-electron chi connectivity index (χ1n) is 5.75. The Balaban J connectivity index is 1.99. The summed E-state index contributed by atoms with van der Waals surface area (Å²) >= 11 is 11.9. The summed E-state index contributed by atoms with van der Waals surface area (Å²) in [6.07, 6.45) is 0.652. The van der Waals surface area contributed by atoms with Crippen LogP contribution in [0, 0.1) is 0 Å². The SMILES string of the molecule is O=Cc1c(Cl)cc(COCc2ccccc2)cc1Cl. The lowest BCUT2D eigenvalue weighted by Gasteiger charge is -2.07. The summed E-state index contributed by atoms with van der Waals surface area (Å²) in [4.78, 5) is 10.8. The number of hydrogen-bond acceptors (Lipinski definition) is 2. The fraction of sp³-hybridized carbons (Fsp3) is 0.133. The molecule has 0 bridgehead atoms. The normalized spacial score (nSPS) is 10.4. The summed E-state index contributed by atoms with van der Waals surface area (Å²) in [6, 6.07) is 13.3. The molecule has 2 aromatic rings. The molecule has 2 rings (SSSR count). The molecule has 0 amide bonds. The summed E-state index contributed by atoms with van der Waals surface area (Å²) < 4.78 is 5.58. The van der Waals surface area contributed by atoms with Gasteiger partial charge in [0.1, 0.15) is 0 Å². The maximum Gasteiger partial charge on any atom is 0.153 e. The highest BCUT2D eigenvalue weighted by molar-refractivity contribution is 6.38. The van der Waals surface area contributed by atoms with E-state index in [0.717, 1.165) is 11.1 Å². The molecule has 19 heavy (non-hydrogen) atoms. The molecule has 4 heteroatoms. The molecule has 0 N–H and O–H groups in total. The average Bonchev–Trinajstić information content (AvgIpc) is 2.40. The van der Waals surface area contributed by atoms with Crippen molar-refractivity contribution in [2.45, 2.75) is 13.2 Å². The molecule has 0 saturated heterocycles. The average molecular weight is 295 g/mol. The molecule has 0 fully saturated rings. The first kappa shape index (κ1) is 14.1. The first-order valence-corrected chi connectivity index (χ1v) is 6.51. The Kier molecular flexibility index (Phi) is 4.97. The Hall–Kier alpha value is -1.35. The third-order valence-electron chi connectivity index (χ3n) is 2.64. The van der Waals surface area contributed by atoms with Crippen molar-refractivity contribution >= 4 is 29.5 Å². The number of benzene rings is 2. The van der Waals surface area contributed by atoms with Crippen molar-refractivity contribution in [3.8, 4) is 0 Å². The summed E-state index contributed by atoms with van der Waals surface area (Å²) in [7, 11) is 0. The zero-order valence-electron chi connectivity index (χ0n) is 10.1. The Morgan fingerprint density at radius 2 is 1.53 bits per heavy atom. The number of aldehydes is 1. The molecule has 0 aliphatic heterocycles. The Morgan fingerprint density at radius 1 is 0.947 bits per heavy atom. The Bertz CT molecular complexity index is 545. The molecule has 0 aliphatic carbocycles. The van der Waals surface area contributed by atoms with E-state index in [1.54, 1.807) is 12.1 Å². The second kappa shape index (κ2) is 6.71. The topological polar surface area (TPSA) is 26.3 Å². The third kappa shape index (κ3) is 3.80. The van der Waals surface area contributed by atoms with Crippen molar-refractivity contribution < 1.29 is 9.53 Å². The van der Waals surface area contributed by atoms with E-state index in [-0.39, 0.29) is 0 Å². The molecule has 0 radical (unpaired) electrons. The Labute approximate surface area is 121 Å². The first-order chi connectivity index (χ1) is 9.20. The lowest BCUT2D eigenvalue weighted by atomic mass is 10.1. The van der Waals surface area contributed by atoms with Gasteiger partial charge in [0.2, 0.25) is 0 Å². The van der Waals surface area contributed by atoms with Crippen LogP contribution in [0.15, 0.2) is 42.5 Å². The largest absolute Gasteiger partial charge is 0.372 e. The number of hydrogen-bond donors (Lipinski definition) is 0. The van der Waals surface area contributed by atoms with E-state index in [9.17, 15) is 4.79 Å². The molecular weight excluding hydrogens is 283 g/mol. The quantitative estimate of drug-likeness (QED) is 0.758. The van der Waals surface area contributed by atoms with E-state index in [1.165, 1.54) is 0 Å². The van der Waals surface area contributed by atoms with Crippen molar-refractivity contribution in [1.29, 1.82) is 0 Å². The zero-order valence-corrected chi connectivity index (χ0v) is 11.6. The van der Waals surface area contributed by atoms with Crippen LogP contribution in [-0.4, -0.2) is 6.29 Å². The van der Waals surface area contributed by atoms with Gasteiger partial charge in [0.15, 0.2) is 6.29 Å². The summed E-state index contributed by atoms with van der Waals surface area (Å²) in [5.41, 5.74) is 2.26. The number of rotatable bonds is 5. The van der Waals surface area contributed by atoms with Gasteiger partial charge in [0.05, 0.1) is 28.8 Å². The number of ether oxygens (including phenoxy) is 1. The lowest BCUT2D eigenvalue weighted by molar-refractivity contribution is 0.107. The Morgan fingerprint density at radius 3 is 2.11 bits per heavy atom. The highest BCUT2D eigenvalue weighted by Gasteiger charge is 2.07. The second-order valence-corrected chi connectivity index (χ2v) is 4.88. The van der Waals surface area contributed by atoms with Gasteiger partial charge in [0.25, 0.3) is 0 Å². The van der Waals surface area contributed by atoms with Crippen LogP contribution in [0.5, 0.6) is 0 Å². The minimum Gasteiger partial charge on any atom is -0.372 e. The van der Waals surface area contributed by atoms with Crippen LogP contribution >= 0.6 is 23.2 Å². The molecule has 0 atom stereocenters. The molecule has 0 unspecified atom stereocenters. The van der Waals surface area contributed by atoms with Gasteiger partial charge in [-0.3, -0.25) is 4.79 Å². The maximum absolute atomic E-state index is 10.8. The molecular formula is C15H12Cl2O2. The standard InChI is InChI=1S/C15H12Cl2O2/c16-14-6-12(7-15(17)13(14)8-18)10-19-9-11-4-2-1-3-5-11/h1-8H,9-10H2. The maximum atomic E-state index is 10.8. The fourth-order valence-electron chi connectivity index (χ4n) is 1.69. The van der Waals surface area contributed by atoms with Crippen molar-refractivity contribution in [2.24, 2.45) is 0 Å². The van der Waals surface area contributed by atoms with Gasteiger partial charge in [-0.05, 0) is 23.3 Å². The van der Waals surface area contributed by atoms with E-state index in [2.05, 4.69) is 0 Å². The van der Waals surface area contributed by atoms with Crippen LogP contribution in [0.2, 0.25) is 10.0 Å². The summed E-state index contributed by atoms with van der Waals surface area (Å²) in [5, 5.41) is 0.696. The van der Waals surface area contributed by atoms with Crippen LogP contribution in [-0.2, 0) is 18.0 Å². The van der Waals surface area contributed by atoms with Gasteiger partial charge < -0.3 is 4.74 Å². The molecule has 2 nitrogen and oxygen atoms in total. The molecule has 98 valence electrons. The van der Waals surface area contributed by atoms with E-state index >= 15 is 0 Å². The van der Waals surface area contributed by atoms with Crippen LogP contribution in [0.4, 0.5) is 0 Å². The van der Waals surface area contributed by atoms with E-state index < -0.39 is 0 Å². The van der Waals surface area contributed by atoms with Gasteiger partial charge >= 0.3 is 0 Å². The van der Waals surface area contributed by atoms with Crippen molar-refractivity contribution in [1.82, 2.24) is 0 Å². The highest BCUT2D eigenvalue weighted by atomic mass is 35.5. The van der Waals surface area contributed by atoms with Crippen LogP contribution in [0.1, 0.15) is 21.5 Å². The van der Waals surface area contributed by atoms with Gasteiger partial charge in [-0.1, -0.05) is 53.5 Å². The molecule has 0 saturated carbocycles. The molecule has 0 spiro atoms. The van der Waals surface area contributed by atoms with Crippen LogP contribution < -0.4 is 0 Å². The predicted octanol–water partition coefficient (Wildman–Crippen LogP) is 4.52. The predicted molar refractivity (Wildman–Crippen MR) is 76.8 cm³/mol. The molecule has 0 aliphatic rings. The van der Waals surface area contributed by atoms with Crippen LogP contribution in [0.3, 0.4) is 0 Å². The van der Waals surface area contributed by atoms with Gasteiger partial charge in [-0.2, -0.15) is 0 Å². The zero-order chi connectivity index (χ0) is 13.7. The summed E-state index contributed by atoms with van der Waals surface area (Å²) in [5.74, 6) is 0. The summed E-state index contributed by atoms with van der Waals surface area (Å²) in [6.45, 7) is 0.916. The third-order valence-corrected chi connectivity index (χ3v) is 3.26. The van der Waals surface area contributed by atoms with Gasteiger partial charge in [0, 0.05) is 0 Å². The molecule has 0 heterocycles. The van der Waals surface area contributed by atoms with Gasteiger partial charge in [-0.25, -0.2) is 0 Å². The smallest absolute Gasteiger partial charge is 0.153 e. The van der Waals surface area contributed by atoms with Gasteiger partial charge in [-0.15, -0.1) is 0 Å². The lowest BCUT2D eigenvalue weighted by Crippen LogP contribution is -1.95. The van der Waals surface area contributed by atoms with E-state index in [1.807, 2.05) is 30.3 Å².